The van der Waals surface area contributed by atoms with E-state index in [9.17, 15) is 4.79 Å². The first-order valence-corrected chi connectivity index (χ1v) is 6.75. The van der Waals surface area contributed by atoms with Gasteiger partial charge in [0.05, 0.1) is 18.5 Å². The second-order valence-electron chi connectivity index (χ2n) is 4.08. The van der Waals surface area contributed by atoms with Crippen LogP contribution in [0.1, 0.15) is 5.56 Å². The van der Waals surface area contributed by atoms with E-state index in [4.69, 9.17) is 4.74 Å². The Bertz CT molecular complexity index is 576. The van der Waals surface area contributed by atoms with Gasteiger partial charge in [0, 0.05) is 26.7 Å². The second-order valence-corrected chi connectivity index (χ2v) is 4.96. The standard InChI is InChI=1S/C12H17N3O2S/c1-9-7-18-11-10(9)14-8-15(12(11)16)5-3-13-4-6-17-2/h7-8,13H,3-6H2,1-2H3. The van der Waals surface area contributed by atoms with Gasteiger partial charge in [-0.25, -0.2) is 4.98 Å². The number of nitrogens with zero attached hydrogens (tertiary/aromatic N) is 2. The number of ether oxygens (including phenoxy) is 1. The highest BCUT2D eigenvalue weighted by Gasteiger charge is 2.07. The number of nitrogens with one attached hydrogen (secondary N) is 1. The van der Waals surface area contributed by atoms with E-state index < -0.39 is 0 Å². The maximum Gasteiger partial charge on any atom is 0.271 e. The van der Waals surface area contributed by atoms with E-state index in [0.29, 0.717) is 13.2 Å². The van der Waals surface area contributed by atoms with Crippen LogP contribution in [0.25, 0.3) is 10.2 Å². The van der Waals surface area contributed by atoms with E-state index in [1.54, 1.807) is 18.0 Å². The van der Waals surface area contributed by atoms with E-state index in [2.05, 4.69) is 10.3 Å². The fourth-order valence-electron chi connectivity index (χ4n) is 1.72. The molecular weight excluding hydrogens is 250 g/mol. The van der Waals surface area contributed by atoms with Gasteiger partial charge in [0.1, 0.15) is 4.70 Å². The zero-order chi connectivity index (χ0) is 13.0. The van der Waals surface area contributed by atoms with Gasteiger partial charge in [0.15, 0.2) is 0 Å². The molecule has 0 atom stereocenters. The van der Waals surface area contributed by atoms with Crippen molar-refractivity contribution in [3.63, 3.8) is 0 Å². The minimum atomic E-state index is 0.0478. The number of fused-ring (bicyclic) bond motifs is 1. The molecule has 0 aliphatic carbocycles. The summed E-state index contributed by atoms with van der Waals surface area (Å²) in [5.41, 5.74) is 1.94. The number of hydrogen-bond acceptors (Lipinski definition) is 5. The van der Waals surface area contributed by atoms with Crippen LogP contribution in [-0.4, -0.2) is 36.4 Å². The fourth-order valence-corrected chi connectivity index (χ4v) is 2.67. The van der Waals surface area contributed by atoms with Gasteiger partial charge in [0.25, 0.3) is 5.56 Å². The van der Waals surface area contributed by atoms with Crippen LogP contribution in [0.5, 0.6) is 0 Å². The van der Waals surface area contributed by atoms with Crippen LogP contribution >= 0.6 is 11.3 Å². The lowest BCUT2D eigenvalue weighted by Gasteiger charge is -2.06. The first kappa shape index (κ1) is 13.2. The van der Waals surface area contributed by atoms with E-state index in [-0.39, 0.29) is 5.56 Å². The van der Waals surface area contributed by atoms with Crippen molar-refractivity contribution in [3.05, 3.63) is 27.6 Å². The first-order chi connectivity index (χ1) is 8.74. The number of methoxy groups -OCH3 is 1. The molecule has 5 nitrogen and oxygen atoms in total. The Morgan fingerprint density at radius 3 is 3.11 bits per heavy atom. The molecule has 6 heteroatoms. The van der Waals surface area contributed by atoms with Crippen molar-refractivity contribution in [2.45, 2.75) is 13.5 Å². The van der Waals surface area contributed by atoms with E-state index in [1.807, 2.05) is 12.3 Å². The molecule has 2 aromatic rings. The number of aromatic nitrogens is 2. The minimum Gasteiger partial charge on any atom is -0.383 e. The predicted octanol–water partition coefficient (Wildman–Crippen LogP) is 1.00. The van der Waals surface area contributed by atoms with Crippen molar-refractivity contribution in [1.82, 2.24) is 14.9 Å². The average molecular weight is 267 g/mol. The maximum absolute atomic E-state index is 12.1. The molecule has 0 bridgehead atoms. The van der Waals surface area contributed by atoms with Gasteiger partial charge in [-0.2, -0.15) is 0 Å². The highest BCUT2D eigenvalue weighted by molar-refractivity contribution is 7.17. The fraction of sp³-hybridized carbons (Fsp3) is 0.500. The number of rotatable bonds is 6. The zero-order valence-corrected chi connectivity index (χ0v) is 11.4. The molecular formula is C12H17N3O2S. The van der Waals surface area contributed by atoms with Crippen molar-refractivity contribution in [3.8, 4) is 0 Å². The lowest BCUT2D eigenvalue weighted by atomic mass is 10.3. The van der Waals surface area contributed by atoms with Crippen molar-refractivity contribution in [1.29, 1.82) is 0 Å². The molecule has 0 unspecified atom stereocenters. The summed E-state index contributed by atoms with van der Waals surface area (Å²) in [6.07, 6.45) is 1.63. The van der Waals surface area contributed by atoms with E-state index >= 15 is 0 Å². The summed E-state index contributed by atoms with van der Waals surface area (Å²) in [6, 6.07) is 0. The number of thiophene rings is 1. The summed E-state index contributed by atoms with van der Waals surface area (Å²) in [5, 5.41) is 5.18. The van der Waals surface area contributed by atoms with Gasteiger partial charge in [-0.15, -0.1) is 11.3 Å². The molecule has 0 radical (unpaired) electrons. The molecule has 0 aromatic carbocycles. The Hall–Kier alpha value is -1.24. The third kappa shape index (κ3) is 2.77. The molecule has 1 N–H and O–H groups in total. The molecule has 0 aliphatic rings. The van der Waals surface area contributed by atoms with Crippen molar-refractivity contribution < 1.29 is 4.74 Å². The van der Waals surface area contributed by atoms with Crippen LogP contribution in [0, 0.1) is 6.92 Å². The molecule has 0 fully saturated rings. The summed E-state index contributed by atoms with van der Waals surface area (Å²) in [6.45, 7) is 4.81. The second kappa shape index (κ2) is 6.08. The molecule has 0 amide bonds. The molecule has 98 valence electrons. The van der Waals surface area contributed by atoms with Crippen LogP contribution in [0.2, 0.25) is 0 Å². The highest BCUT2D eigenvalue weighted by atomic mass is 32.1. The molecule has 0 saturated carbocycles. The lowest BCUT2D eigenvalue weighted by Crippen LogP contribution is -2.28. The third-order valence-electron chi connectivity index (χ3n) is 2.74. The van der Waals surface area contributed by atoms with Gasteiger partial charge in [-0.3, -0.25) is 9.36 Å². The average Bonchev–Trinajstić information content (AvgIpc) is 2.74. The molecule has 2 aromatic heterocycles. The quantitative estimate of drug-likeness (QED) is 0.793. The highest BCUT2D eigenvalue weighted by Crippen LogP contribution is 2.19. The first-order valence-electron chi connectivity index (χ1n) is 5.87. The van der Waals surface area contributed by atoms with Crippen LogP contribution < -0.4 is 10.9 Å². The minimum absolute atomic E-state index is 0.0478. The summed E-state index contributed by atoms with van der Waals surface area (Å²) in [5.74, 6) is 0. The summed E-state index contributed by atoms with van der Waals surface area (Å²) in [7, 11) is 1.67. The van der Waals surface area contributed by atoms with Crippen LogP contribution in [0.3, 0.4) is 0 Å². The predicted molar refractivity (Wildman–Crippen MR) is 73.4 cm³/mol. The Morgan fingerprint density at radius 2 is 2.33 bits per heavy atom. The van der Waals surface area contributed by atoms with Gasteiger partial charge < -0.3 is 10.1 Å². The van der Waals surface area contributed by atoms with Crippen molar-refractivity contribution in [2.24, 2.45) is 0 Å². The molecule has 2 rings (SSSR count). The molecule has 0 saturated heterocycles. The Labute approximate surface area is 109 Å². The van der Waals surface area contributed by atoms with Gasteiger partial charge in [0.2, 0.25) is 0 Å². The Balaban J connectivity index is 2.05. The Morgan fingerprint density at radius 1 is 1.50 bits per heavy atom. The lowest BCUT2D eigenvalue weighted by molar-refractivity contribution is 0.199. The van der Waals surface area contributed by atoms with Gasteiger partial charge in [-0.05, 0) is 17.9 Å². The SMILES string of the molecule is COCCNCCn1cnc2c(C)csc2c1=O. The van der Waals surface area contributed by atoms with Gasteiger partial charge in [-0.1, -0.05) is 0 Å². The van der Waals surface area contributed by atoms with Crippen molar-refractivity contribution in [2.75, 3.05) is 26.8 Å². The van der Waals surface area contributed by atoms with Gasteiger partial charge >= 0.3 is 0 Å². The summed E-state index contributed by atoms with van der Waals surface area (Å²) < 4.78 is 7.33. The monoisotopic (exact) mass is 267 g/mol. The Kier molecular flexibility index (Phi) is 4.46. The summed E-state index contributed by atoms with van der Waals surface area (Å²) in [4.78, 5) is 16.5. The van der Waals surface area contributed by atoms with Crippen LogP contribution in [0.15, 0.2) is 16.5 Å². The van der Waals surface area contributed by atoms with Crippen LogP contribution in [0.4, 0.5) is 0 Å². The van der Waals surface area contributed by atoms with Crippen molar-refractivity contribution >= 4 is 21.6 Å². The molecule has 2 heterocycles. The number of aryl methyl sites for hydroxylation is 1. The molecule has 0 aliphatic heterocycles. The van der Waals surface area contributed by atoms with E-state index in [0.717, 1.165) is 28.9 Å². The van der Waals surface area contributed by atoms with Crippen LogP contribution in [-0.2, 0) is 11.3 Å². The maximum atomic E-state index is 12.1. The zero-order valence-electron chi connectivity index (χ0n) is 10.6. The number of hydrogen-bond donors (Lipinski definition) is 1. The smallest absolute Gasteiger partial charge is 0.271 e. The third-order valence-corrected chi connectivity index (χ3v) is 3.81. The summed E-state index contributed by atoms with van der Waals surface area (Å²) >= 11 is 1.47. The normalized spacial score (nSPS) is 11.2. The molecule has 18 heavy (non-hydrogen) atoms. The topological polar surface area (TPSA) is 56.1 Å². The van der Waals surface area contributed by atoms with E-state index in [1.165, 1.54) is 11.3 Å². The largest absolute Gasteiger partial charge is 0.383 e. The molecule has 0 spiro atoms.